The maximum atomic E-state index is 12.0. The first-order chi connectivity index (χ1) is 9.67. The van der Waals surface area contributed by atoms with Gasteiger partial charge in [0.15, 0.2) is 6.61 Å². The lowest BCUT2D eigenvalue weighted by molar-refractivity contribution is -0.153. The van der Waals surface area contributed by atoms with E-state index in [1.165, 1.54) is 12.1 Å². The van der Waals surface area contributed by atoms with Gasteiger partial charge in [0.2, 0.25) is 5.91 Å². The number of alkyl halides is 3. The predicted octanol–water partition coefficient (Wildman–Crippen LogP) is 2.54. The monoisotopic (exact) mass is 304 g/mol. The molecule has 1 rings (SSSR count). The molecule has 21 heavy (non-hydrogen) atoms. The average Bonchev–Trinajstić information content (AvgIpc) is 2.35. The molecule has 0 radical (unpaired) electrons. The molecule has 0 aliphatic rings. The van der Waals surface area contributed by atoms with Crippen molar-refractivity contribution in [2.45, 2.75) is 38.5 Å². The van der Waals surface area contributed by atoms with Gasteiger partial charge in [0.1, 0.15) is 5.75 Å². The minimum Gasteiger partial charge on any atom is -0.484 e. The number of ether oxygens (including phenoxy) is 1. The molecule has 2 unspecified atom stereocenters. The molecule has 7 heteroatoms. The van der Waals surface area contributed by atoms with Crippen molar-refractivity contribution in [2.75, 3.05) is 6.61 Å². The van der Waals surface area contributed by atoms with Crippen molar-refractivity contribution in [1.29, 1.82) is 0 Å². The zero-order valence-corrected chi connectivity index (χ0v) is 11.9. The van der Waals surface area contributed by atoms with Crippen LogP contribution in [0.15, 0.2) is 24.3 Å². The maximum Gasteiger partial charge on any atom is 0.422 e. The van der Waals surface area contributed by atoms with Crippen molar-refractivity contribution < 1.29 is 22.7 Å². The Morgan fingerprint density at radius 2 is 1.86 bits per heavy atom. The Labute approximate surface area is 121 Å². The van der Waals surface area contributed by atoms with Gasteiger partial charge in [-0.1, -0.05) is 12.1 Å². The van der Waals surface area contributed by atoms with E-state index in [4.69, 9.17) is 5.73 Å². The Hall–Kier alpha value is -1.76. The van der Waals surface area contributed by atoms with Crippen LogP contribution in [0.25, 0.3) is 0 Å². The second kappa shape index (κ2) is 7.31. The van der Waals surface area contributed by atoms with Crippen molar-refractivity contribution >= 4 is 5.91 Å². The molecule has 0 fully saturated rings. The molecular formula is C14H19F3N2O2. The van der Waals surface area contributed by atoms with Gasteiger partial charge in [0, 0.05) is 12.5 Å². The molecule has 0 saturated carbocycles. The first-order valence-corrected chi connectivity index (χ1v) is 6.52. The quantitative estimate of drug-likeness (QED) is 0.849. The highest BCUT2D eigenvalue weighted by Crippen LogP contribution is 2.21. The normalized spacial score (nSPS) is 14.4. The largest absolute Gasteiger partial charge is 0.484 e. The summed E-state index contributed by atoms with van der Waals surface area (Å²) >= 11 is 0. The van der Waals surface area contributed by atoms with Crippen LogP contribution in [0.1, 0.15) is 31.9 Å². The third kappa shape index (κ3) is 6.99. The number of nitrogens with one attached hydrogen (secondary N) is 1. The fraction of sp³-hybridized carbons (Fsp3) is 0.500. The van der Waals surface area contributed by atoms with E-state index in [2.05, 4.69) is 10.1 Å². The fourth-order valence-electron chi connectivity index (χ4n) is 1.69. The molecule has 1 aromatic carbocycles. The Kier molecular flexibility index (Phi) is 6.02. The van der Waals surface area contributed by atoms with Gasteiger partial charge in [-0.3, -0.25) is 4.79 Å². The Bertz CT molecular complexity index is 458. The first kappa shape index (κ1) is 17.3. The minimum absolute atomic E-state index is 0.130. The summed E-state index contributed by atoms with van der Waals surface area (Å²) in [5.41, 5.74) is 6.30. The Morgan fingerprint density at radius 1 is 1.29 bits per heavy atom. The van der Waals surface area contributed by atoms with Gasteiger partial charge in [0.25, 0.3) is 0 Å². The van der Waals surface area contributed by atoms with Gasteiger partial charge in [0.05, 0.1) is 6.04 Å². The number of carbonyl (C=O) groups is 1. The lowest BCUT2D eigenvalue weighted by atomic mass is 10.1. The highest BCUT2D eigenvalue weighted by molar-refractivity contribution is 5.76. The van der Waals surface area contributed by atoms with E-state index in [1.807, 2.05) is 0 Å². The van der Waals surface area contributed by atoms with E-state index in [0.29, 0.717) is 0 Å². The Morgan fingerprint density at radius 3 is 2.33 bits per heavy atom. The molecule has 0 saturated heterocycles. The number of carbonyl (C=O) groups excluding carboxylic acids is 1. The molecule has 0 spiro atoms. The number of halogens is 3. The predicted molar refractivity (Wildman–Crippen MR) is 72.8 cm³/mol. The molecule has 4 nitrogen and oxygen atoms in total. The number of benzene rings is 1. The van der Waals surface area contributed by atoms with E-state index < -0.39 is 12.8 Å². The van der Waals surface area contributed by atoms with Crippen molar-refractivity contribution in [3.63, 3.8) is 0 Å². The number of rotatable bonds is 6. The van der Waals surface area contributed by atoms with Crippen molar-refractivity contribution in [3.05, 3.63) is 29.8 Å². The molecule has 0 aromatic heterocycles. The van der Waals surface area contributed by atoms with E-state index in [9.17, 15) is 18.0 Å². The van der Waals surface area contributed by atoms with Crippen LogP contribution in [-0.4, -0.2) is 24.7 Å². The van der Waals surface area contributed by atoms with Gasteiger partial charge >= 0.3 is 6.18 Å². The van der Waals surface area contributed by atoms with Crippen LogP contribution < -0.4 is 15.8 Å². The molecule has 1 aromatic rings. The minimum atomic E-state index is -4.36. The van der Waals surface area contributed by atoms with Crippen LogP contribution >= 0.6 is 0 Å². The highest BCUT2D eigenvalue weighted by Gasteiger charge is 2.28. The van der Waals surface area contributed by atoms with Crippen LogP contribution in [0.2, 0.25) is 0 Å². The molecule has 3 N–H and O–H groups in total. The highest BCUT2D eigenvalue weighted by atomic mass is 19.4. The van der Waals surface area contributed by atoms with Crippen LogP contribution in [0.4, 0.5) is 13.2 Å². The van der Waals surface area contributed by atoms with Crippen LogP contribution in [-0.2, 0) is 4.79 Å². The smallest absolute Gasteiger partial charge is 0.422 e. The lowest BCUT2D eigenvalue weighted by Crippen LogP contribution is -2.31. The van der Waals surface area contributed by atoms with Crippen molar-refractivity contribution in [2.24, 2.45) is 5.73 Å². The van der Waals surface area contributed by atoms with Crippen LogP contribution in [0.3, 0.4) is 0 Å². The summed E-state index contributed by atoms with van der Waals surface area (Å²) in [6.45, 7) is 2.19. The number of hydrogen-bond acceptors (Lipinski definition) is 3. The fourth-order valence-corrected chi connectivity index (χ4v) is 1.69. The summed E-state index contributed by atoms with van der Waals surface area (Å²) in [6, 6.07) is 5.62. The summed E-state index contributed by atoms with van der Waals surface area (Å²) in [4.78, 5) is 11.6. The molecular weight excluding hydrogens is 285 g/mol. The Balaban J connectivity index is 2.55. The maximum absolute atomic E-state index is 12.0. The zero-order chi connectivity index (χ0) is 16.0. The summed E-state index contributed by atoms with van der Waals surface area (Å²) in [5.74, 6) is -0.0416. The molecule has 2 atom stereocenters. The molecule has 1 amide bonds. The van der Waals surface area contributed by atoms with Gasteiger partial charge in [-0.15, -0.1) is 0 Å². The SMILES string of the molecule is CC(N)CC(=O)NC(C)c1ccc(OCC(F)(F)F)cc1. The van der Waals surface area contributed by atoms with E-state index in [0.717, 1.165) is 5.56 Å². The summed E-state index contributed by atoms with van der Waals surface area (Å²) in [7, 11) is 0. The van der Waals surface area contributed by atoms with Crippen LogP contribution in [0, 0.1) is 0 Å². The van der Waals surface area contributed by atoms with E-state index in [-0.39, 0.29) is 30.2 Å². The third-order valence-corrected chi connectivity index (χ3v) is 2.67. The van der Waals surface area contributed by atoms with Crippen molar-refractivity contribution in [1.82, 2.24) is 5.32 Å². The molecule has 0 aliphatic heterocycles. The topological polar surface area (TPSA) is 64.4 Å². The number of amides is 1. The number of hydrogen-bond donors (Lipinski definition) is 2. The summed E-state index contributed by atoms with van der Waals surface area (Å²) < 4.78 is 40.7. The molecule has 0 heterocycles. The standard InChI is InChI=1S/C14H19F3N2O2/c1-9(18)7-13(20)19-10(2)11-3-5-12(6-4-11)21-8-14(15,16)17/h3-6,9-10H,7-8,18H2,1-2H3,(H,19,20). The summed E-state index contributed by atoms with van der Waals surface area (Å²) in [5, 5.41) is 2.76. The third-order valence-electron chi connectivity index (χ3n) is 2.67. The molecule has 0 bridgehead atoms. The summed E-state index contributed by atoms with van der Waals surface area (Å²) in [6.07, 6.45) is -4.14. The second-order valence-corrected chi connectivity index (χ2v) is 4.94. The average molecular weight is 304 g/mol. The molecule has 0 aliphatic carbocycles. The van der Waals surface area contributed by atoms with Gasteiger partial charge in [-0.25, -0.2) is 0 Å². The molecule has 118 valence electrons. The van der Waals surface area contributed by atoms with Crippen LogP contribution in [0.5, 0.6) is 5.75 Å². The second-order valence-electron chi connectivity index (χ2n) is 4.94. The van der Waals surface area contributed by atoms with Crippen molar-refractivity contribution in [3.8, 4) is 5.75 Å². The first-order valence-electron chi connectivity index (χ1n) is 6.52. The van der Waals surface area contributed by atoms with E-state index in [1.54, 1.807) is 26.0 Å². The lowest BCUT2D eigenvalue weighted by Gasteiger charge is -2.16. The zero-order valence-electron chi connectivity index (χ0n) is 11.9. The van der Waals surface area contributed by atoms with Gasteiger partial charge in [-0.2, -0.15) is 13.2 Å². The number of nitrogens with two attached hydrogens (primary N) is 1. The van der Waals surface area contributed by atoms with E-state index >= 15 is 0 Å². The van der Waals surface area contributed by atoms with Gasteiger partial charge < -0.3 is 15.8 Å². The van der Waals surface area contributed by atoms with Gasteiger partial charge in [-0.05, 0) is 31.5 Å².